The van der Waals surface area contributed by atoms with E-state index in [2.05, 4.69) is 5.32 Å². The summed E-state index contributed by atoms with van der Waals surface area (Å²) in [4.78, 5) is 24.1. The van der Waals surface area contributed by atoms with Crippen LogP contribution in [0.4, 0.5) is 4.79 Å². The predicted molar refractivity (Wildman–Crippen MR) is 62.2 cm³/mol. The van der Waals surface area contributed by atoms with Gasteiger partial charge in [0.25, 0.3) is 0 Å². The van der Waals surface area contributed by atoms with E-state index >= 15 is 0 Å². The van der Waals surface area contributed by atoms with Gasteiger partial charge in [-0.05, 0) is 20.3 Å². The topological polar surface area (TPSA) is 58.6 Å². The quantitative estimate of drug-likeness (QED) is 0.750. The summed E-state index contributed by atoms with van der Waals surface area (Å²) in [6.45, 7) is 8.60. The zero-order valence-corrected chi connectivity index (χ0v) is 10.6. The van der Waals surface area contributed by atoms with E-state index in [1.807, 2.05) is 13.8 Å². The third-order valence-electron chi connectivity index (χ3n) is 2.42. The zero-order valence-electron chi connectivity index (χ0n) is 10.6. The lowest BCUT2D eigenvalue weighted by Crippen LogP contribution is -2.42. The number of amides is 2. The van der Waals surface area contributed by atoms with E-state index in [-0.39, 0.29) is 11.9 Å². The summed E-state index contributed by atoms with van der Waals surface area (Å²) < 4.78 is 4.72. The lowest BCUT2D eigenvalue weighted by molar-refractivity contribution is -0.130. The standard InChI is InChI=1S/C11H22N2O3/c1-5-9(3)13(10(4)14)8-7-12-11(15)16-6-2/h9H,5-8H2,1-4H3,(H,12,15). The van der Waals surface area contributed by atoms with Crippen LogP contribution in [0.25, 0.3) is 0 Å². The second kappa shape index (κ2) is 7.96. The van der Waals surface area contributed by atoms with Crippen molar-refractivity contribution in [3.63, 3.8) is 0 Å². The number of nitrogens with zero attached hydrogens (tertiary/aromatic N) is 1. The molecule has 0 aromatic rings. The molecule has 1 unspecified atom stereocenters. The second-order valence-electron chi connectivity index (χ2n) is 3.62. The molecule has 0 aliphatic heterocycles. The summed E-state index contributed by atoms with van der Waals surface area (Å²) in [6.07, 6.45) is 0.467. The first-order valence-electron chi connectivity index (χ1n) is 5.70. The summed E-state index contributed by atoms with van der Waals surface area (Å²) in [7, 11) is 0. The van der Waals surface area contributed by atoms with E-state index in [0.29, 0.717) is 19.7 Å². The molecule has 0 aromatic heterocycles. The molecule has 0 radical (unpaired) electrons. The van der Waals surface area contributed by atoms with Gasteiger partial charge in [0, 0.05) is 26.1 Å². The average Bonchev–Trinajstić information content (AvgIpc) is 2.23. The maximum absolute atomic E-state index is 11.3. The van der Waals surface area contributed by atoms with Gasteiger partial charge in [-0.2, -0.15) is 0 Å². The highest BCUT2D eigenvalue weighted by atomic mass is 16.5. The summed E-state index contributed by atoms with van der Waals surface area (Å²) in [5.74, 6) is 0.0278. The van der Waals surface area contributed by atoms with E-state index in [9.17, 15) is 9.59 Å². The molecule has 2 amide bonds. The Bertz CT molecular complexity index is 231. The number of alkyl carbamates (subject to hydrolysis) is 1. The van der Waals surface area contributed by atoms with Gasteiger partial charge in [-0.3, -0.25) is 4.79 Å². The van der Waals surface area contributed by atoms with Gasteiger partial charge in [0.15, 0.2) is 0 Å². The molecule has 0 saturated carbocycles. The van der Waals surface area contributed by atoms with Gasteiger partial charge in [0.2, 0.25) is 5.91 Å². The molecule has 1 N–H and O–H groups in total. The van der Waals surface area contributed by atoms with Crippen LogP contribution in [0.15, 0.2) is 0 Å². The predicted octanol–water partition coefficient (Wildman–Crippen LogP) is 1.38. The van der Waals surface area contributed by atoms with Crippen LogP contribution in [0.5, 0.6) is 0 Å². The van der Waals surface area contributed by atoms with E-state index < -0.39 is 6.09 Å². The molecule has 1 atom stereocenters. The third-order valence-corrected chi connectivity index (χ3v) is 2.42. The van der Waals surface area contributed by atoms with Crippen LogP contribution in [0.3, 0.4) is 0 Å². The van der Waals surface area contributed by atoms with Crippen molar-refractivity contribution in [1.82, 2.24) is 10.2 Å². The molecule has 16 heavy (non-hydrogen) atoms. The first kappa shape index (κ1) is 14.7. The monoisotopic (exact) mass is 230 g/mol. The van der Waals surface area contributed by atoms with Crippen LogP contribution in [0, 0.1) is 0 Å². The van der Waals surface area contributed by atoms with Crippen LogP contribution in [-0.2, 0) is 9.53 Å². The molecule has 5 nitrogen and oxygen atoms in total. The van der Waals surface area contributed by atoms with Gasteiger partial charge in [-0.15, -0.1) is 0 Å². The number of carbonyl (C=O) groups excluding carboxylic acids is 2. The van der Waals surface area contributed by atoms with E-state index in [1.165, 1.54) is 6.92 Å². The molecular formula is C11H22N2O3. The van der Waals surface area contributed by atoms with Crippen molar-refractivity contribution in [1.29, 1.82) is 0 Å². The smallest absolute Gasteiger partial charge is 0.407 e. The Morgan fingerprint density at radius 2 is 2.00 bits per heavy atom. The van der Waals surface area contributed by atoms with Gasteiger partial charge < -0.3 is 15.0 Å². The zero-order chi connectivity index (χ0) is 12.6. The van der Waals surface area contributed by atoms with Crippen LogP contribution in [0.2, 0.25) is 0 Å². The molecule has 0 aromatic carbocycles. The minimum absolute atomic E-state index is 0.0278. The van der Waals surface area contributed by atoms with E-state index in [0.717, 1.165) is 6.42 Å². The Morgan fingerprint density at radius 1 is 1.38 bits per heavy atom. The number of hydrogen-bond acceptors (Lipinski definition) is 3. The van der Waals surface area contributed by atoms with Crippen molar-refractivity contribution >= 4 is 12.0 Å². The molecule has 0 aliphatic carbocycles. The largest absolute Gasteiger partial charge is 0.450 e. The normalized spacial score (nSPS) is 11.8. The molecule has 0 saturated heterocycles. The molecular weight excluding hydrogens is 208 g/mol. The van der Waals surface area contributed by atoms with Crippen molar-refractivity contribution < 1.29 is 14.3 Å². The van der Waals surface area contributed by atoms with Crippen LogP contribution in [0.1, 0.15) is 34.1 Å². The van der Waals surface area contributed by atoms with Gasteiger partial charge in [-0.1, -0.05) is 6.92 Å². The van der Waals surface area contributed by atoms with Crippen molar-refractivity contribution in [2.24, 2.45) is 0 Å². The van der Waals surface area contributed by atoms with Gasteiger partial charge in [-0.25, -0.2) is 4.79 Å². The molecule has 0 rings (SSSR count). The highest BCUT2D eigenvalue weighted by molar-refractivity contribution is 5.73. The molecule has 0 heterocycles. The van der Waals surface area contributed by atoms with Crippen molar-refractivity contribution in [2.45, 2.75) is 40.2 Å². The van der Waals surface area contributed by atoms with Crippen LogP contribution < -0.4 is 5.32 Å². The SMILES string of the molecule is CCOC(=O)NCCN(C(C)=O)C(C)CC. The summed E-state index contributed by atoms with van der Waals surface area (Å²) in [5.41, 5.74) is 0. The Hall–Kier alpha value is -1.26. The van der Waals surface area contributed by atoms with Crippen LogP contribution in [-0.4, -0.2) is 42.6 Å². The van der Waals surface area contributed by atoms with E-state index in [1.54, 1.807) is 11.8 Å². The average molecular weight is 230 g/mol. The van der Waals surface area contributed by atoms with Gasteiger partial charge in [0.1, 0.15) is 0 Å². The minimum Gasteiger partial charge on any atom is -0.450 e. The maximum atomic E-state index is 11.3. The molecule has 0 bridgehead atoms. The fourth-order valence-corrected chi connectivity index (χ4v) is 1.37. The van der Waals surface area contributed by atoms with E-state index in [4.69, 9.17) is 4.74 Å². The first-order chi connectivity index (χ1) is 7.52. The minimum atomic E-state index is -0.435. The molecule has 0 aliphatic rings. The first-order valence-corrected chi connectivity index (χ1v) is 5.70. The number of hydrogen-bond donors (Lipinski definition) is 1. The van der Waals surface area contributed by atoms with Crippen molar-refractivity contribution in [3.8, 4) is 0 Å². The Morgan fingerprint density at radius 3 is 2.44 bits per heavy atom. The van der Waals surface area contributed by atoms with Crippen molar-refractivity contribution in [3.05, 3.63) is 0 Å². The van der Waals surface area contributed by atoms with Crippen LogP contribution >= 0.6 is 0 Å². The summed E-state index contributed by atoms with van der Waals surface area (Å²) >= 11 is 0. The van der Waals surface area contributed by atoms with Gasteiger partial charge in [0.05, 0.1) is 6.61 Å². The number of nitrogens with one attached hydrogen (secondary N) is 1. The molecule has 0 spiro atoms. The maximum Gasteiger partial charge on any atom is 0.407 e. The lowest BCUT2D eigenvalue weighted by atomic mass is 10.2. The molecule has 0 fully saturated rings. The highest BCUT2D eigenvalue weighted by Crippen LogP contribution is 2.02. The Labute approximate surface area is 97.1 Å². The number of carbonyl (C=O) groups is 2. The van der Waals surface area contributed by atoms with Crippen molar-refractivity contribution in [2.75, 3.05) is 19.7 Å². The lowest BCUT2D eigenvalue weighted by Gasteiger charge is -2.27. The number of ether oxygens (including phenoxy) is 1. The fraction of sp³-hybridized carbons (Fsp3) is 0.818. The molecule has 5 heteroatoms. The fourth-order valence-electron chi connectivity index (χ4n) is 1.37. The summed E-state index contributed by atoms with van der Waals surface area (Å²) in [6, 6.07) is 0.196. The highest BCUT2D eigenvalue weighted by Gasteiger charge is 2.14. The Kier molecular flexibility index (Phi) is 7.33. The third kappa shape index (κ3) is 5.58. The summed E-state index contributed by atoms with van der Waals surface area (Å²) in [5, 5.41) is 2.59. The second-order valence-corrected chi connectivity index (χ2v) is 3.62. The Balaban J connectivity index is 3.94. The molecule has 94 valence electrons. The number of rotatable bonds is 6. The van der Waals surface area contributed by atoms with Gasteiger partial charge >= 0.3 is 6.09 Å².